The van der Waals surface area contributed by atoms with Gasteiger partial charge in [-0.2, -0.15) is 0 Å². The predicted octanol–water partition coefficient (Wildman–Crippen LogP) is 2.50. The van der Waals surface area contributed by atoms with Gasteiger partial charge in [-0.3, -0.25) is 4.79 Å². The van der Waals surface area contributed by atoms with E-state index in [9.17, 15) is 4.79 Å². The van der Waals surface area contributed by atoms with E-state index in [4.69, 9.17) is 9.47 Å². The molecule has 116 valence electrons. The molecule has 5 nitrogen and oxygen atoms in total. The molecule has 0 saturated carbocycles. The smallest absolute Gasteiger partial charge is 0.254 e. The fraction of sp³-hybridized carbons (Fsp3) is 0.375. The predicted molar refractivity (Wildman–Crippen MR) is 84.3 cm³/mol. The number of aromatic nitrogens is 1. The number of benzene rings is 1. The SMILES string of the molecule is Cc1csc(COc2ccc(C(=O)N3CCOCC3)cc2)n1. The van der Waals surface area contributed by atoms with Crippen molar-refractivity contribution in [2.24, 2.45) is 0 Å². The molecular formula is C16H18N2O3S. The van der Waals surface area contributed by atoms with Crippen LogP contribution in [0, 0.1) is 6.92 Å². The van der Waals surface area contributed by atoms with Crippen molar-refractivity contribution in [3.63, 3.8) is 0 Å². The fourth-order valence-corrected chi connectivity index (χ4v) is 2.94. The van der Waals surface area contributed by atoms with E-state index in [-0.39, 0.29) is 5.91 Å². The summed E-state index contributed by atoms with van der Waals surface area (Å²) in [5, 5.41) is 2.95. The zero-order valence-corrected chi connectivity index (χ0v) is 13.3. The number of aryl methyl sites for hydroxylation is 1. The summed E-state index contributed by atoms with van der Waals surface area (Å²) in [6.07, 6.45) is 0. The van der Waals surface area contributed by atoms with Crippen LogP contribution >= 0.6 is 11.3 Å². The third-order valence-electron chi connectivity index (χ3n) is 3.43. The minimum Gasteiger partial charge on any atom is -0.486 e. The van der Waals surface area contributed by atoms with E-state index >= 15 is 0 Å². The molecule has 0 atom stereocenters. The number of carbonyl (C=O) groups excluding carboxylic acids is 1. The lowest BCUT2D eigenvalue weighted by molar-refractivity contribution is 0.0303. The lowest BCUT2D eigenvalue weighted by atomic mass is 10.2. The third kappa shape index (κ3) is 3.64. The van der Waals surface area contributed by atoms with Gasteiger partial charge in [-0.1, -0.05) is 0 Å². The van der Waals surface area contributed by atoms with Gasteiger partial charge in [0.15, 0.2) is 0 Å². The highest BCUT2D eigenvalue weighted by Gasteiger charge is 2.18. The van der Waals surface area contributed by atoms with Gasteiger partial charge in [0.1, 0.15) is 17.4 Å². The highest BCUT2D eigenvalue weighted by molar-refractivity contribution is 7.09. The van der Waals surface area contributed by atoms with Crippen LogP contribution in [0.2, 0.25) is 0 Å². The van der Waals surface area contributed by atoms with Gasteiger partial charge in [0, 0.05) is 29.7 Å². The monoisotopic (exact) mass is 318 g/mol. The summed E-state index contributed by atoms with van der Waals surface area (Å²) in [6.45, 7) is 4.95. The number of hydrogen-bond acceptors (Lipinski definition) is 5. The van der Waals surface area contributed by atoms with Crippen molar-refractivity contribution in [1.82, 2.24) is 9.88 Å². The van der Waals surface area contributed by atoms with Crippen LogP contribution in [0.15, 0.2) is 29.6 Å². The molecule has 2 heterocycles. The first-order valence-electron chi connectivity index (χ1n) is 7.23. The summed E-state index contributed by atoms with van der Waals surface area (Å²) in [6, 6.07) is 7.27. The Morgan fingerprint density at radius 1 is 1.32 bits per heavy atom. The topological polar surface area (TPSA) is 51.7 Å². The number of nitrogens with zero attached hydrogens (tertiary/aromatic N) is 2. The Balaban J connectivity index is 1.58. The van der Waals surface area contributed by atoms with E-state index in [2.05, 4.69) is 4.98 Å². The maximum Gasteiger partial charge on any atom is 0.254 e. The van der Waals surface area contributed by atoms with E-state index in [0.717, 1.165) is 16.5 Å². The van der Waals surface area contributed by atoms with Gasteiger partial charge < -0.3 is 14.4 Å². The molecule has 1 aromatic heterocycles. The normalized spacial score (nSPS) is 14.9. The molecular weight excluding hydrogens is 300 g/mol. The first-order valence-corrected chi connectivity index (χ1v) is 8.11. The van der Waals surface area contributed by atoms with Crippen LogP contribution in [0.1, 0.15) is 21.1 Å². The highest BCUT2D eigenvalue weighted by atomic mass is 32.1. The molecule has 0 N–H and O–H groups in total. The second kappa shape index (κ2) is 6.89. The summed E-state index contributed by atoms with van der Waals surface area (Å²) < 4.78 is 11.0. The van der Waals surface area contributed by atoms with Gasteiger partial charge in [0.05, 0.1) is 13.2 Å². The second-order valence-corrected chi connectivity index (χ2v) is 6.04. The van der Waals surface area contributed by atoms with E-state index in [0.29, 0.717) is 38.5 Å². The molecule has 6 heteroatoms. The van der Waals surface area contributed by atoms with Gasteiger partial charge in [-0.05, 0) is 31.2 Å². The van der Waals surface area contributed by atoms with Gasteiger partial charge in [-0.25, -0.2) is 4.98 Å². The standard InChI is InChI=1S/C16H18N2O3S/c1-12-11-22-15(17-12)10-21-14-4-2-13(3-5-14)16(19)18-6-8-20-9-7-18/h2-5,11H,6-10H2,1H3. The Morgan fingerprint density at radius 2 is 2.05 bits per heavy atom. The van der Waals surface area contributed by atoms with Gasteiger partial charge >= 0.3 is 0 Å². The minimum atomic E-state index is 0.0467. The van der Waals surface area contributed by atoms with Crippen molar-refractivity contribution in [3.8, 4) is 5.75 Å². The van der Waals surface area contributed by atoms with Crippen molar-refractivity contribution < 1.29 is 14.3 Å². The van der Waals surface area contributed by atoms with Crippen LogP contribution in [0.4, 0.5) is 0 Å². The van der Waals surface area contributed by atoms with Crippen LogP contribution in [0.25, 0.3) is 0 Å². The largest absolute Gasteiger partial charge is 0.486 e. The fourth-order valence-electron chi connectivity index (χ4n) is 2.26. The maximum absolute atomic E-state index is 12.3. The number of thiazole rings is 1. The van der Waals surface area contributed by atoms with Gasteiger partial charge in [-0.15, -0.1) is 11.3 Å². The molecule has 22 heavy (non-hydrogen) atoms. The first kappa shape index (κ1) is 15.0. The Hall–Kier alpha value is -1.92. The quantitative estimate of drug-likeness (QED) is 0.869. The van der Waals surface area contributed by atoms with Crippen molar-refractivity contribution >= 4 is 17.2 Å². The van der Waals surface area contributed by atoms with E-state index < -0.39 is 0 Å². The Morgan fingerprint density at radius 3 is 2.68 bits per heavy atom. The highest BCUT2D eigenvalue weighted by Crippen LogP contribution is 2.17. The Kier molecular flexibility index (Phi) is 4.70. The van der Waals surface area contributed by atoms with E-state index in [1.807, 2.05) is 29.3 Å². The van der Waals surface area contributed by atoms with Crippen molar-refractivity contribution in [1.29, 1.82) is 0 Å². The number of amides is 1. The van der Waals surface area contributed by atoms with Crippen molar-refractivity contribution in [3.05, 3.63) is 45.9 Å². The molecule has 0 aliphatic carbocycles. The molecule has 1 aliphatic rings. The summed E-state index contributed by atoms with van der Waals surface area (Å²) >= 11 is 1.59. The van der Waals surface area contributed by atoms with Crippen LogP contribution < -0.4 is 4.74 Å². The van der Waals surface area contributed by atoms with E-state index in [1.54, 1.807) is 23.5 Å². The van der Waals surface area contributed by atoms with Crippen LogP contribution in [-0.4, -0.2) is 42.1 Å². The Bertz CT molecular complexity index is 633. The summed E-state index contributed by atoms with van der Waals surface area (Å²) in [5.74, 6) is 0.789. The molecule has 0 bridgehead atoms. The maximum atomic E-state index is 12.3. The number of ether oxygens (including phenoxy) is 2. The summed E-state index contributed by atoms with van der Waals surface area (Å²) in [4.78, 5) is 18.5. The minimum absolute atomic E-state index is 0.0467. The van der Waals surface area contributed by atoms with Crippen molar-refractivity contribution in [2.45, 2.75) is 13.5 Å². The number of carbonyl (C=O) groups is 1. The lowest BCUT2D eigenvalue weighted by Gasteiger charge is -2.26. The summed E-state index contributed by atoms with van der Waals surface area (Å²) in [7, 11) is 0. The number of morpholine rings is 1. The number of hydrogen-bond donors (Lipinski definition) is 0. The summed E-state index contributed by atoms with van der Waals surface area (Å²) in [5.41, 5.74) is 1.69. The molecule has 1 saturated heterocycles. The lowest BCUT2D eigenvalue weighted by Crippen LogP contribution is -2.40. The zero-order valence-electron chi connectivity index (χ0n) is 12.4. The molecule has 1 fully saturated rings. The molecule has 0 unspecified atom stereocenters. The second-order valence-electron chi connectivity index (χ2n) is 5.10. The molecule has 2 aromatic rings. The van der Waals surface area contributed by atoms with Crippen molar-refractivity contribution in [2.75, 3.05) is 26.3 Å². The van der Waals surface area contributed by atoms with Gasteiger partial charge in [0.25, 0.3) is 5.91 Å². The van der Waals surface area contributed by atoms with Crippen LogP contribution in [0.5, 0.6) is 5.75 Å². The average molecular weight is 318 g/mol. The molecule has 3 rings (SSSR count). The molecule has 0 radical (unpaired) electrons. The van der Waals surface area contributed by atoms with Crippen LogP contribution in [0.3, 0.4) is 0 Å². The first-order chi connectivity index (χ1) is 10.7. The molecule has 1 aliphatic heterocycles. The van der Waals surface area contributed by atoms with Gasteiger partial charge in [0.2, 0.25) is 0 Å². The molecule has 1 aromatic carbocycles. The van der Waals surface area contributed by atoms with E-state index in [1.165, 1.54) is 0 Å². The molecule has 1 amide bonds. The average Bonchev–Trinajstić information content (AvgIpc) is 2.99. The van der Waals surface area contributed by atoms with Crippen LogP contribution in [-0.2, 0) is 11.3 Å². The third-order valence-corrected chi connectivity index (χ3v) is 4.37. The zero-order chi connectivity index (χ0) is 15.4. The Labute approximate surface area is 133 Å². The number of rotatable bonds is 4. The molecule has 0 spiro atoms.